The smallest absolute Gasteiger partial charge is 0.312 e. The Morgan fingerprint density at radius 2 is 1.73 bits per heavy atom. The molecule has 3 heterocycles. The molecule has 0 amide bonds. The Kier molecular flexibility index (Phi) is 4.00. The van der Waals surface area contributed by atoms with Gasteiger partial charge >= 0.3 is 5.97 Å². The molecule has 140 valence electrons. The van der Waals surface area contributed by atoms with E-state index < -0.39 is 0 Å². The third-order valence-electron chi connectivity index (χ3n) is 7.20. The quantitative estimate of drug-likeness (QED) is 0.775. The number of rotatable bonds is 4. The second kappa shape index (κ2) is 6.26. The predicted molar refractivity (Wildman–Crippen MR) is 102 cm³/mol. The Hall–Kier alpha value is -1.55. The summed E-state index contributed by atoms with van der Waals surface area (Å²) in [6.07, 6.45) is 7.98. The van der Waals surface area contributed by atoms with Gasteiger partial charge in [0.15, 0.2) is 0 Å². The van der Waals surface area contributed by atoms with Gasteiger partial charge < -0.3 is 14.5 Å². The van der Waals surface area contributed by atoms with E-state index in [1.54, 1.807) is 0 Å². The highest BCUT2D eigenvalue weighted by molar-refractivity contribution is 5.79. The van der Waals surface area contributed by atoms with E-state index in [1.807, 2.05) is 0 Å². The number of para-hydroxylation sites is 1. The van der Waals surface area contributed by atoms with E-state index in [2.05, 4.69) is 40.1 Å². The summed E-state index contributed by atoms with van der Waals surface area (Å²) in [5, 5.41) is 0. The number of anilines is 1. The second-order valence-corrected chi connectivity index (χ2v) is 9.26. The van der Waals surface area contributed by atoms with Crippen LogP contribution in [0, 0.1) is 10.8 Å². The molecular formula is C22H30N2O2. The summed E-state index contributed by atoms with van der Waals surface area (Å²) in [5.41, 5.74) is 1.77. The minimum Gasteiger partial charge on any atom is -0.462 e. The van der Waals surface area contributed by atoms with Crippen molar-refractivity contribution in [1.82, 2.24) is 4.90 Å². The van der Waals surface area contributed by atoms with Crippen LogP contribution in [0.4, 0.5) is 5.69 Å². The number of hydrogen-bond donors (Lipinski definition) is 0. The maximum atomic E-state index is 12.4. The molecule has 2 spiro atoms. The summed E-state index contributed by atoms with van der Waals surface area (Å²) >= 11 is 0. The molecule has 4 fully saturated rings. The highest BCUT2D eigenvalue weighted by Gasteiger charge is 2.52. The molecular weight excluding hydrogens is 324 g/mol. The third-order valence-corrected chi connectivity index (χ3v) is 7.20. The molecule has 4 heteroatoms. The molecule has 4 nitrogen and oxygen atoms in total. The number of likely N-dealkylation sites (tertiary alicyclic amines) is 1. The number of cyclic esters (lactones) is 1. The number of carbonyl (C=O) groups excluding carboxylic acids is 1. The van der Waals surface area contributed by atoms with Crippen molar-refractivity contribution in [1.29, 1.82) is 0 Å². The lowest BCUT2D eigenvalue weighted by Crippen LogP contribution is -2.72. The zero-order valence-electron chi connectivity index (χ0n) is 15.7. The van der Waals surface area contributed by atoms with E-state index in [0.717, 1.165) is 32.2 Å². The van der Waals surface area contributed by atoms with Crippen LogP contribution in [0.15, 0.2) is 30.3 Å². The van der Waals surface area contributed by atoms with Crippen molar-refractivity contribution < 1.29 is 9.53 Å². The molecule has 0 aromatic heterocycles. The first-order valence-electron chi connectivity index (χ1n) is 10.4. The summed E-state index contributed by atoms with van der Waals surface area (Å²) in [6, 6.07) is 10.7. The molecule has 26 heavy (non-hydrogen) atoms. The molecule has 0 unspecified atom stereocenters. The van der Waals surface area contributed by atoms with E-state index in [0.29, 0.717) is 5.41 Å². The first kappa shape index (κ1) is 16.6. The van der Waals surface area contributed by atoms with Gasteiger partial charge in [-0.15, -0.1) is 0 Å². The minimum atomic E-state index is -0.108. The number of carbonyl (C=O) groups is 1. The van der Waals surface area contributed by atoms with Crippen LogP contribution in [-0.4, -0.2) is 49.7 Å². The van der Waals surface area contributed by atoms with Gasteiger partial charge in [-0.05, 0) is 31.4 Å². The van der Waals surface area contributed by atoms with Crippen LogP contribution in [0.5, 0.6) is 0 Å². The van der Waals surface area contributed by atoms with Crippen molar-refractivity contribution in [2.45, 2.75) is 51.0 Å². The number of nitrogens with zero attached hydrogens (tertiary/aromatic N) is 2. The van der Waals surface area contributed by atoms with Crippen LogP contribution in [0.2, 0.25) is 0 Å². The third kappa shape index (κ3) is 2.83. The highest BCUT2D eigenvalue weighted by atomic mass is 16.6. The Labute approximate surface area is 156 Å². The van der Waals surface area contributed by atoms with Crippen LogP contribution < -0.4 is 4.90 Å². The Bertz CT molecular complexity index is 654. The Morgan fingerprint density at radius 3 is 2.46 bits per heavy atom. The van der Waals surface area contributed by atoms with Crippen molar-refractivity contribution in [2.75, 3.05) is 37.6 Å². The lowest BCUT2D eigenvalue weighted by molar-refractivity contribution is -0.150. The van der Waals surface area contributed by atoms with Gasteiger partial charge in [-0.3, -0.25) is 4.79 Å². The second-order valence-electron chi connectivity index (χ2n) is 9.26. The van der Waals surface area contributed by atoms with Gasteiger partial charge in [0.25, 0.3) is 0 Å². The first-order chi connectivity index (χ1) is 12.7. The molecule has 1 aromatic carbocycles. The summed E-state index contributed by atoms with van der Waals surface area (Å²) in [4.78, 5) is 17.4. The first-order valence-corrected chi connectivity index (χ1v) is 10.4. The maximum absolute atomic E-state index is 12.4. The molecule has 3 saturated heterocycles. The molecule has 0 radical (unpaired) electrons. The van der Waals surface area contributed by atoms with Crippen LogP contribution in [0.3, 0.4) is 0 Å². The van der Waals surface area contributed by atoms with E-state index in [1.165, 1.54) is 51.1 Å². The molecule has 3 aliphatic heterocycles. The van der Waals surface area contributed by atoms with Gasteiger partial charge in [-0.1, -0.05) is 37.5 Å². The largest absolute Gasteiger partial charge is 0.462 e. The molecule has 1 aromatic rings. The monoisotopic (exact) mass is 354 g/mol. The predicted octanol–water partition coefficient (Wildman–Crippen LogP) is 3.46. The fourth-order valence-corrected chi connectivity index (χ4v) is 5.81. The topological polar surface area (TPSA) is 32.8 Å². The number of benzene rings is 1. The lowest BCUT2D eigenvalue weighted by atomic mass is 9.71. The zero-order valence-corrected chi connectivity index (χ0v) is 15.7. The normalized spacial score (nSPS) is 29.5. The SMILES string of the molecule is O=C1O[C@H](CCN2CC3(C2)CN(c2ccccc2)C3)CC12CCCCC2. The van der Waals surface area contributed by atoms with E-state index in [9.17, 15) is 4.79 Å². The van der Waals surface area contributed by atoms with E-state index in [4.69, 9.17) is 4.74 Å². The molecule has 1 aliphatic carbocycles. The Balaban J connectivity index is 1.06. The standard InChI is InChI=1S/C22H30N2O2/c25-20-22(10-5-2-6-11-22)13-19(26-20)9-12-23-14-21(15-23)16-24(17-21)18-7-3-1-4-8-18/h1,3-4,7-8,19H,2,5-6,9-17H2/t19-/m1/s1. The summed E-state index contributed by atoms with van der Waals surface area (Å²) in [5.74, 6) is 0.111. The van der Waals surface area contributed by atoms with Gasteiger partial charge in [-0.2, -0.15) is 0 Å². The molecule has 1 atom stereocenters. The summed E-state index contributed by atoms with van der Waals surface area (Å²) in [6.45, 7) is 5.88. The average molecular weight is 354 g/mol. The van der Waals surface area contributed by atoms with Gasteiger partial charge in [0, 0.05) is 50.2 Å². The molecule has 4 aliphatic rings. The average Bonchev–Trinajstić information content (AvgIpc) is 2.89. The number of hydrogen-bond acceptors (Lipinski definition) is 4. The van der Waals surface area contributed by atoms with Crippen molar-refractivity contribution >= 4 is 11.7 Å². The fraction of sp³-hybridized carbons (Fsp3) is 0.682. The lowest BCUT2D eigenvalue weighted by Gasteiger charge is -2.61. The minimum absolute atomic E-state index is 0.108. The summed E-state index contributed by atoms with van der Waals surface area (Å²) in [7, 11) is 0. The molecule has 5 rings (SSSR count). The Morgan fingerprint density at radius 1 is 1.00 bits per heavy atom. The van der Waals surface area contributed by atoms with Gasteiger partial charge in [0.05, 0.1) is 5.41 Å². The number of ether oxygens (including phenoxy) is 1. The van der Waals surface area contributed by atoms with Gasteiger partial charge in [0.2, 0.25) is 0 Å². The van der Waals surface area contributed by atoms with Crippen LogP contribution in [-0.2, 0) is 9.53 Å². The fourth-order valence-electron chi connectivity index (χ4n) is 5.81. The highest BCUT2D eigenvalue weighted by Crippen LogP contribution is 2.47. The maximum Gasteiger partial charge on any atom is 0.312 e. The molecule has 1 saturated carbocycles. The van der Waals surface area contributed by atoms with E-state index >= 15 is 0 Å². The van der Waals surface area contributed by atoms with E-state index in [-0.39, 0.29) is 17.5 Å². The van der Waals surface area contributed by atoms with Crippen LogP contribution in [0.25, 0.3) is 0 Å². The van der Waals surface area contributed by atoms with Crippen molar-refractivity contribution in [3.8, 4) is 0 Å². The van der Waals surface area contributed by atoms with Crippen LogP contribution >= 0.6 is 0 Å². The van der Waals surface area contributed by atoms with Gasteiger partial charge in [0.1, 0.15) is 6.10 Å². The van der Waals surface area contributed by atoms with Gasteiger partial charge in [-0.25, -0.2) is 0 Å². The van der Waals surface area contributed by atoms with Crippen molar-refractivity contribution in [2.24, 2.45) is 10.8 Å². The summed E-state index contributed by atoms with van der Waals surface area (Å²) < 4.78 is 5.77. The van der Waals surface area contributed by atoms with Crippen molar-refractivity contribution in [3.63, 3.8) is 0 Å². The number of esters is 1. The van der Waals surface area contributed by atoms with Crippen LogP contribution in [0.1, 0.15) is 44.9 Å². The molecule has 0 N–H and O–H groups in total. The van der Waals surface area contributed by atoms with Crippen molar-refractivity contribution in [3.05, 3.63) is 30.3 Å². The molecule has 0 bridgehead atoms. The zero-order chi connectivity index (χ0) is 17.6.